The van der Waals surface area contributed by atoms with Crippen molar-refractivity contribution in [1.82, 2.24) is 0 Å². The fourth-order valence-electron chi connectivity index (χ4n) is 2.00. The summed E-state index contributed by atoms with van der Waals surface area (Å²) in [6.07, 6.45) is 1.34. The van der Waals surface area contributed by atoms with Crippen LogP contribution in [0.25, 0.3) is 0 Å². The van der Waals surface area contributed by atoms with Crippen molar-refractivity contribution in [3.05, 3.63) is 35.4 Å². The molecule has 0 atom stereocenters. The van der Waals surface area contributed by atoms with Crippen molar-refractivity contribution < 1.29 is 14.7 Å². The van der Waals surface area contributed by atoms with Crippen LogP contribution in [0, 0.1) is 11.8 Å². The van der Waals surface area contributed by atoms with Crippen LogP contribution in [0.15, 0.2) is 24.3 Å². The van der Waals surface area contributed by atoms with Crippen LogP contribution in [0.1, 0.15) is 30.9 Å². The van der Waals surface area contributed by atoms with E-state index >= 15 is 0 Å². The van der Waals surface area contributed by atoms with Gasteiger partial charge in [-0.3, -0.25) is 9.59 Å². The second-order valence-electron chi connectivity index (χ2n) is 4.51. The summed E-state index contributed by atoms with van der Waals surface area (Å²) >= 11 is 1.16. The van der Waals surface area contributed by atoms with E-state index in [-0.39, 0.29) is 5.12 Å². The van der Waals surface area contributed by atoms with Crippen LogP contribution in [-0.2, 0) is 15.0 Å². The largest absolute Gasteiger partial charge is 0.481 e. The average molecular weight is 274 g/mol. The highest BCUT2D eigenvalue weighted by Gasteiger charge is 2.52. The monoisotopic (exact) mass is 274 g/mol. The van der Waals surface area contributed by atoms with Crippen LogP contribution in [0.5, 0.6) is 0 Å². The molecule has 0 unspecified atom stereocenters. The highest BCUT2D eigenvalue weighted by molar-refractivity contribution is 8.13. The van der Waals surface area contributed by atoms with E-state index < -0.39 is 11.4 Å². The summed E-state index contributed by atoms with van der Waals surface area (Å²) < 4.78 is 0. The molecule has 19 heavy (non-hydrogen) atoms. The summed E-state index contributed by atoms with van der Waals surface area (Å²) in [5.41, 5.74) is 0.813. The zero-order valence-corrected chi connectivity index (χ0v) is 11.4. The molecule has 1 aromatic carbocycles. The third-order valence-electron chi connectivity index (χ3n) is 3.17. The Hall–Kier alpha value is -1.73. The Labute approximate surface area is 116 Å². The van der Waals surface area contributed by atoms with E-state index in [1.807, 2.05) is 24.3 Å². The van der Waals surface area contributed by atoms with Crippen LogP contribution in [0.3, 0.4) is 0 Å². The van der Waals surface area contributed by atoms with Gasteiger partial charge in [0.2, 0.25) is 0 Å². The molecule has 1 saturated carbocycles. The van der Waals surface area contributed by atoms with Crippen LogP contribution >= 0.6 is 11.8 Å². The van der Waals surface area contributed by atoms with Gasteiger partial charge in [0, 0.05) is 12.5 Å². The summed E-state index contributed by atoms with van der Waals surface area (Å²) in [6.45, 7) is 1.50. The molecule has 0 amide bonds. The Balaban J connectivity index is 2.23. The second kappa shape index (κ2) is 5.50. The Bertz CT molecular complexity index is 577. The van der Waals surface area contributed by atoms with E-state index in [1.165, 1.54) is 6.92 Å². The van der Waals surface area contributed by atoms with Crippen molar-refractivity contribution in [3.63, 3.8) is 0 Å². The van der Waals surface area contributed by atoms with Gasteiger partial charge in [0.05, 0.1) is 11.2 Å². The van der Waals surface area contributed by atoms with Gasteiger partial charge in [-0.1, -0.05) is 41.8 Å². The number of hydrogen-bond acceptors (Lipinski definition) is 3. The first kappa shape index (κ1) is 13.7. The molecule has 1 aromatic rings. The highest BCUT2D eigenvalue weighted by Crippen LogP contribution is 2.49. The lowest BCUT2D eigenvalue weighted by atomic mass is 9.91. The summed E-state index contributed by atoms with van der Waals surface area (Å²) in [5, 5.41) is 9.36. The molecule has 3 nitrogen and oxygen atoms in total. The van der Waals surface area contributed by atoms with Gasteiger partial charge in [0.1, 0.15) is 0 Å². The number of carbonyl (C=O) groups is 2. The molecule has 0 aliphatic heterocycles. The normalized spacial score (nSPS) is 15.2. The Kier molecular flexibility index (Phi) is 3.96. The molecule has 0 heterocycles. The zero-order valence-electron chi connectivity index (χ0n) is 10.6. The number of carboxylic acids is 1. The predicted octanol–water partition coefficient (Wildman–Crippen LogP) is 2.43. The number of rotatable bonds is 3. The average Bonchev–Trinajstić information content (AvgIpc) is 3.16. The minimum absolute atomic E-state index is 0.0341. The molecule has 2 rings (SSSR count). The fourth-order valence-corrected chi connectivity index (χ4v) is 2.35. The first-order valence-electron chi connectivity index (χ1n) is 6.01. The van der Waals surface area contributed by atoms with Crippen molar-refractivity contribution in [2.45, 2.75) is 25.2 Å². The van der Waals surface area contributed by atoms with Gasteiger partial charge in [-0.2, -0.15) is 0 Å². The standard InChI is InChI=1S/C15H14O3S/c1-11(16)19-10-4-6-12-5-2-3-7-13(12)15(8-9-15)14(17)18/h2-3,5,7H,8-10H2,1H3,(H,17,18). The van der Waals surface area contributed by atoms with Gasteiger partial charge in [0.15, 0.2) is 5.12 Å². The topological polar surface area (TPSA) is 54.4 Å². The fraction of sp³-hybridized carbons (Fsp3) is 0.333. The first-order chi connectivity index (χ1) is 9.06. The van der Waals surface area contributed by atoms with E-state index in [1.54, 1.807) is 0 Å². The zero-order chi connectivity index (χ0) is 13.9. The second-order valence-corrected chi connectivity index (χ2v) is 5.67. The maximum absolute atomic E-state index is 11.4. The minimum Gasteiger partial charge on any atom is -0.481 e. The lowest BCUT2D eigenvalue weighted by Crippen LogP contribution is -2.20. The van der Waals surface area contributed by atoms with Crippen LogP contribution in [0.4, 0.5) is 0 Å². The van der Waals surface area contributed by atoms with Crippen LogP contribution < -0.4 is 0 Å². The smallest absolute Gasteiger partial charge is 0.314 e. The van der Waals surface area contributed by atoms with E-state index in [0.29, 0.717) is 18.6 Å². The quantitative estimate of drug-likeness (QED) is 0.860. The maximum Gasteiger partial charge on any atom is 0.314 e. The van der Waals surface area contributed by atoms with E-state index in [9.17, 15) is 14.7 Å². The number of thioether (sulfide) groups is 1. The van der Waals surface area contributed by atoms with Crippen molar-refractivity contribution in [1.29, 1.82) is 0 Å². The molecule has 0 radical (unpaired) electrons. The Morgan fingerprint density at radius 1 is 1.37 bits per heavy atom. The van der Waals surface area contributed by atoms with Crippen LogP contribution in [0.2, 0.25) is 0 Å². The number of benzene rings is 1. The van der Waals surface area contributed by atoms with Gasteiger partial charge < -0.3 is 5.11 Å². The molecule has 4 heteroatoms. The number of aliphatic carboxylic acids is 1. The van der Waals surface area contributed by atoms with E-state index in [2.05, 4.69) is 11.8 Å². The lowest BCUT2D eigenvalue weighted by Gasteiger charge is -2.12. The molecule has 1 aliphatic carbocycles. The molecule has 0 aromatic heterocycles. The van der Waals surface area contributed by atoms with Crippen molar-refractivity contribution in [3.8, 4) is 11.8 Å². The van der Waals surface area contributed by atoms with E-state index in [4.69, 9.17) is 0 Å². The van der Waals surface area contributed by atoms with Crippen molar-refractivity contribution in [2.75, 3.05) is 5.75 Å². The van der Waals surface area contributed by atoms with Gasteiger partial charge in [-0.05, 0) is 24.5 Å². The van der Waals surface area contributed by atoms with Crippen molar-refractivity contribution in [2.24, 2.45) is 0 Å². The molecule has 0 bridgehead atoms. The number of carbonyl (C=O) groups excluding carboxylic acids is 1. The van der Waals surface area contributed by atoms with Gasteiger partial charge in [0.25, 0.3) is 0 Å². The molecule has 1 fully saturated rings. The third kappa shape index (κ3) is 2.99. The number of hydrogen-bond donors (Lipinski definition) is 1. The molecule has 1 aliphatic rings. The van der Waals surface area contributed by atoms with Crippen molar-refractivity contribution >= 4 is 22.8 Å². The van der Waals surface area contributed by atoms with Crippen LogP contribution in [-0.4, -0.2) is 21.9 Å². The SMILES string of the molecule is CC(=O)SCC#Cc1ccccc1C1(C(=O)O)CC1. The molecule has 1 N–H and O–H groups in total. The molecular formula is C15H14O3S. The Morgan fingerprint density at radius 3 is 2.63 bits per heavy atom. The Morgan fingerprint density at radius 2 is 2.05 bits per heavy atom. The first-order valence-corrected chi connectivity index (χ1v) is 7.00. The van der Waals surface area contributed by atoms with Gasteiger partial charge in [-0.15, -0.1) is 0 Å². The third-order valence-corrected chi connectivity index (χ3v) is 3.87. The maximum atomic E-state index is 11.4. The highest BCUT2D eigenvalue weighted by atomic mass is 32.2. The molecule has 98 valence electrons. The molecule has 0 spiro atoms. The summed E-state index contributed by atoms with van der Waals surface area (Å²) in [5.74, 6) is 5.55. The lowest BCUT2D eigenvalue weighted by molar-refractivity contribution is -0.140. The minimum atomic E-state index is -0.778. The summed E-state index contributed by atoms with van der Waals surface area (Å²) in [4.78, 5) is 22.2. The number of carboxylic acid groups (broad SMARTS) is 1. The summed E-state index contributed by atoms with van der Waals surface area (Å²) in [7, 11) is 0. The molecule has 0 saturated heterocycles. The van der Waals surface area contributed by atoms with Gasteiger partial charge in [-0.25, -0.2) is 0 Å². The van der Waals surface area contributed by atoms with E-state index in [0.717, 1.165) is 22.9 Å². The predicted molar refractivity (Wildman–Crippen MR) is 75.0 cm³/mol. The summed E-state index contributed by atoms with van der Waals surface area (Å²) in [6, 6.07) is 7.37. The molecular weight excluding hydrogens is 260 g/mol. The van der Waals surface area contributed by atoms with Gasteiger partial charge >= 0.3 is 5.97 Å².